The van der Waals surface area contributed by atoms with Crippen molar-refractivity contribution < 1.29 is 0 Å². The summed E-state index contributed by atoms with van der Waals surface area (Å²) < 4.78 is 0. The van der Waals surface area contributed by atoms with Crippen molar-refractivity contribution in [3.8, 4) is 12.1 Å². The van der Waals surface area contributed by atoms with Gasteiger partial charge < -0.3 is 0 Å². The largest absolute Gasteiger partial charge is 0.297 e. The molecular formula is C14H12N4S2. The Labute approximate surface area is 126 Å². The summed E-state index contributed by atoms with van der Waals surface area (Å²) in [5, 5.41) is 34.7. The summed E-state index contributed by atoms with van der Waals surface area (Å²) in [7, 11) is 0. The van der Waals surface area contributed by atoms with E-state index in [-0.39, 0.29) is 10.1 Å². The van der Waals surface area contributed by atoms with Crippen molar-refractivity contribution in [1.29, 1.82) is 21.3 Å². The second kappa shape index (κ2) is 6.13. The van der Waals surface area contributed by atoms with E-state index in [0.29, 0.717) is 0 Å². The number of hydrogen-bond acceptors (Lipinski definition) is 6. The molecule has 0 aliphatic carbocycles. The zero-order valence-corrected chi connectivity index (χ0v) is 12.4. The lowest BCUT2D eigenvalue weighted by molar-refractivity contribution is 0.576. The van der Waals surface area contributed by atoms with Gasteiger partial charge in [0.05, 0.1) is 22.2 Å². The number of thioether (sulfide) groups is 2. The molecular weight excluding hydrogens is 288 g/mol. The summed E-state index contributed by atoms with van der Waals surface area (Å²) in [4.78, 5) is 1.10. The minimum absolute atomic E-state index is 0.156. The van der Waals surface area contributed by atoms with Gasteiger partial charge in [-0.25, -0.2) is 0 Å². The van der Waals surface area contributed by atoms with Crippen molar-refractivity contribution in [2.45, 2.75) is 10.8 Å². The molecule has 0 radical (unpaired) electrons. The monoisotopic (exact) mass is 300 g/mol. The highest BCUT2D eigenvalue weighted by molar-refractivity contribution is 8.26. The molecule has 6 heteroatoms. The molecule has 1 aliphatic rings. The van der Waals surface area contributed by atoms with E-state index in [1.54, 1.807) is 11.8 Å². The van der Waals surface area contributed by atoms with Crippen LogP contribution in [0.2, 0.25) is 0 Å². The van der Waals surface area contributed by atoms with Crippen LogP contribution in [0.3, 0.4) is 0 Å². The summed E-state index contributed by atoms with van der Waals surface area (Å²) >= 11 is 2.55. The molecule has 2 rings (SSSR count). The zero-order chi connectivity index (χ0) is 14.7. The SMILES string of the molecule is CSc1ccc(C2C(C#N)C(=N)SC(=N)C2C#N)cc1. The Morgan fingerprint density at radius 3 is 1.95 bits per heavy atom. The van der Waals surface area contributed by atoms with Crippen molar-refractivity contribution in [3.05, 3.63) is 29.8 Å². The van der Waals surface area contributed by atoms with Crippen LogP contribution < -0.4 is 0 Å². The quantitative estimate of drug-likeness (QED) is 0.817. The fourth-order valence-corrected chi connectivity index (χ4v) is 3.55. The Balaban J connectivity index is 2.46. The zero-order valence-electron chi connectivity index (χ0n) is 10.8. The molecule has 1 heterocycles. The first-order valence-corrected chi connectivity index (χ1v) is 7.94. The van der Waals surface area contributed by atoms with Crippen LogP contribution in [0.1, 0.15) is 11.5 Å². The summed E-state index contributed by atoms with van der Waals surface area (Å²) in [6, 6.07) is 11.9. The molecule has 0 amide bonds. The first kappa shape index (κ1) is 14.6. The first-order valence-electron chi connectivity index (χ1n) is 5.90. The Hall–Kier alpha value is -1.76. The summed E-state index contributed by atoms with van der Waals surface area (Å²) in [5.74, 6) is -1.74. The highest BCUT2D eigenvalue weighted by Crippen LogP contribution is 2.42. The van der Waals surface area contributed by atoms with Crippen LogP contribution >= 0.6 is 23.5 Å². The molecule has 2 atom stereocenters. The predicted molar refractivity (Wildman–Crippen MR) is 82.2 cm³/mol. The van der Waals surface area contributed by atoms with Gasteiger partial charge in [0.15, 0.2) is 0 Å². The van der Waals surface area contributed by atoms with E-state index in [9.17, 15) is 10.5 Å². The van der Waals surface area contributed by atoms with Crippen LogP contribution in [0.4, 0.5) is 0 Å². The Kier molecular flexibility index (Phi) is 4.49. The number of benzene rings is 1. The molecule has 0 bridgehead atoms. The molecule has 20 heavy (non-hydrogen) atoms. The van der Waals surface area contributed by atoms with Gasteiger partial charge in [-0.3, -0.25) is 10.8 Å². The van der Waals surface area contributed by atoms with E-state index in [0.717, 1.165) is 22.2 Å². The van der Waals surface area contributed by atoms with Crippen molar-refractivity contribution >= 4 is 33.6 Å². The smallest absolute Gasteiger partial charge is 0.103 e. The van der Waals surface area contributed by atoms with Crippen LogP contribution in [-0.4, -0.2) is 16.3 Å². The highest BCUT2D eigenvalue weighted by Gasteiger charge is 2.42. The van der Waals surface area contributed by atoms with Crippen molar-refractivity contribution in [1.82, 2.24) is 0 Å². The number of rotatable bonds is 2. The lowest BCUT2D eigenvalue weighted by atomic mass is 9.78. The summed E-state index contributed by atoms with van der Waals surface area (Å²) in [5.41, 5.74) is 0.843. The minimum atomic E-state index is -0.654. The second-order valence-electron chi connectivity index (χ2n) is 4.34. The molecule has 0 aromatic heterocycles. The third kappa shape index (κ3) is 2.58. The van der Waals surface area contributed by atoms with Gasteiger partial charge in [0.25, 0.3) is 0 Å². The topological polar surface area (TPSA) is 95.3 Å². The van der Waals surface area contributed by atoms with Gasteiger partial charge in [0, 0.05) is 10.8 Å². The molecule has 1 aromatic rings. The number of hydrogen-bond donors (Lipinski definition) is 2. The number of nitrogens with zero attached hydrogens (tertiary/aromatic N) is 2. The van der Waals surface area contributed by atoms with Gasteiger partial charge in [0.1, 0.15) is 11.8 Å². The fourth-order valence-electron chi connectivity index (χ4n) is 2.25. The van der Waals surface area contributed by atoms with Crippen molar-refractivity contribution in [2.24, 2.45) is 11.8 Å². The number of nitriles is 2. The highest BCUT2D eigenvalue weighted by atomic mass is 32.2. The van der Waals surface area contributed by atoms with Crippen LogP contribution in [-0.2, 0) is 0 Å². The maximum absolute atomic E-state index is 9.31. The second-order valence-corrected chi connectivity index (χ2v) is 6.31. The van der Waals surface area contributed by atoms with Gasteiger partial charge in [-0.2, -0.15) is 10.5 Å². The van der Waals surface area contributed by atoms with E-state index in [1.165, 1.54) is 0 Å². The van der Waals surface area contributed by atoms with Gasteiger partial charge in [-0.15, -0.1) is 11.8 Å². The molecule has 100 valence electrons. The standard InChI is InChI=1S/C14H12N4S2/c1-19-9-4-2-8(3-5-9)12-10(6-15)13(17)20-14(18)11(12)7-16/h2-5,10-12,17-18H,1H3. The normalized spacial score (nSPS) is 25.9. The molecule has 0 saturated carbocycles. The van der Waals surface area contributed by atoms with E-state index >= 15 is 0 Å². The van der Waals surface area contributed by atoms with Crippen molar-refractivity contribution in [2.75, 3.05) is 6.26 Å². The Bertz CT molecular complexity index is 592. The number of nitrogens with one attached hydrogen (secondary N) is 2. The van der Waals surface area contributed by atoms with E-state index in [4.69, 9.17) is 10.8 Å². The van der Waals surface area contributed by atoms with Gasteiger partial charge >= 0.3 is 0 Å². The molecule has 4 nitrogen and oxygen atoms in total. The van der Waals surface area contributed by atoms with Crippen LogP contribution in [0, 0.1) is 45.3 Å². The molecule has 2 N–H and O–H groups in total. The molecule has 1 aliphatic heterocycles. The Morgan fingerprint density at radius 2 is 1.55 bits per heavy atom. The molecule has 2 unspecified atom stereocenters. The molecule has 1 saturated heterocycles. The molecule has 1 fully saturated rings. The maximum atomic E-state index is 9.31. The average molecular weight is 300 g/mol. The van der Waals surface area contributed by atoms with E-state index in [1.807, 2.05) is 30.5 Å². The van der Waals surface area contributed by atoms with Crippen LogP contribution in [0.25, 0.3) is 0 Å². The molecule has 0 spiro atoms. The fraction of sp³-hybridized carbons (Fsp3) is 0.286. The summed E-state index contributed by atoms with van der Waals surface area (Å²) in [6.07, 6.45) is 1.98. The van der Waals surface area contributed by atoms with E-state index < -0.39 is 17.8 Å². The van der Waals surface area contributed by atoms with E-state index in [2.05, 4.69) is 12.1 Å². The lowest BCUT2D eigenvalue weighted by Crippen LogP contribution is -2.34. The van der Waals surface area contributed by atoms with Crippen LogP contribution in [0.5, 0.6) is 0 Å². The van der Waals surface area contributed by atoms with Crippen molar-refractivity contribution in [3.63, 3.8) is 0 Å². The lowest BCUT2D eigenvalue weighted by Gasteiger charge is -2.31. The van der Waals surface area contributed by atoms with Gasteiger partial charge in [0.2, 0.25) is 0 Å². The van der Waals surface area contributed by atoms with Gasteiger partial charge in [-0.05, 0) is 24.0 Å². The third-order valence-corrected chi connectivity index (χ3v) is 4.97. The average Bonchev–Trinajstić information content (AvgIpc) is 2.46. The predicted octanol–water partition coefficient (Wildman–Crippen LogP) is 3.47. The Morgan fingerprint density at radius 1 is 1.05 bits per heavy atom. The van der Waals surface area contributed by atoms with Gasteiger partial charge in [-0.1, -0.05) is 23.9 Å². The maximum Gasteiger partial charge on any atom is 0.103 e. The third-order valence-electron chi connectivity index (χ3n) is 3.28. The van der Waals surface area contributed by atoms with Crippen LogP contribution in [0.15, 0.2) is 29.2 Å². The minimum Gasteiger partial charge on any atom is -0.297 e. The first-order chi connectivity index (χ1) is 9.62. The summed E-state index contributed by atoms with van der Waals surface area (Å²) in [6.45, 7) is 0. The molecule has 1 aromatic carbocycles.